The Morgan fingerprint density at radius 3 is 2.47 bits per heavy atom. The fourth-order valence-electron chi connectivity index (χ4n) is 3.08. The molecule has 0 saturated carbocycles. The lowest BCUT2D eigenvalue weighted by Crippen LogP contribution is -2.33. The summed E-state index contributed by atoms with van der Waals surface area (Å²) in [6.07, 6.45) is 3.60. The van der Waals surface area contributed by atoms with Gasteiger partial charge in [0.2, 0.25) is 16.0 Å². The molecular formula is C20H26ClN5O3S. The van der Waals surface area contributed by atoms with Gasteiger partial charge in [-0.2, -0.15) is 4.31 Å². The second kappa shape index (κ2) is 9.28. The number of anilines is 1. The van der Waals surface area contributed by atoms with Crippen LogP contribution in [0.25, 0.3) is 0 Å². The SMILES string of the molecule is CC(C)N(C)S(=O)(=O)c1ccc(CNC(=O)c2nc(N3CCCC3)ncc2Cl)cc1. The highest BCUT2D eigenvalue weighted by molar-refractivity contribution is 7.89. The molecule has 0 bridgehead atoms. The van der Waals surface area contributed by atoms with Gasteiger partial charge in [-0.15, -0.1) is 0 Å². The molecule has 0 atom stereocenters. The number of aromatic nitrogens is 2. The molecule has 3 rings (SSSR count). The monoisotopic (exact) mass is 451 g/mol. The zero-order valence-corrected chi connectivity index (χ0v) is 18.9. The quantitative estimate of drug-likeness (QED) is 0.695. The average molecular weight is 452 g/mol. The van der Waals surface area contributed by atoms with Gasteiger partial charge in [0.1, 0.15) is 0 Å². The van der Waals surface area contributed by atoms with Gasteiger partial charge in [-0.25, -0.2) is 18.4 Å². The molecule has 2 heterocycles. The van der Waals surface area contributed by atoms with Crippen LogP contribution in [0.4, 0.5) is 5.95 Å². The van der Waals surface area contributed by atoms with Crippen molar-refractivity contribution >= 4 is 33.5 Å². The molecule has 1 saturated heterocycles. The molecule has 30 heavy (non-hydrogen) atoms. The van der Waals surface area contributed by atoms with Crippen LogP contribution < -0.4 is 10.2 Å². The van der Waals surface area contributed by atoms with Crippen LogP contribution in [0.15, 0.2) is 35.4 Å². The van der Waals surface area contributed by atoms with Crippen molar-refractivity contribution in [1.29, 1.82) is 0 Å². The van der Waals surface area contributed by atoms with E-state index in [0.717, 1.165) is 31.5 Å². The molecule has 10 heteroatoms. The molecule has 162 valence electrons. The first-order valence-electron chi connectivity index (χ1n) is 9.83. The van der Waals surface area contributed by atoms with Gasteiger partial charge >= 0.3 is 0 Å². The Labute approximate surface area is 182 Å². The van der Waals surface area contributed by atoms with E-state index in [1.54, 1.807) is 31.3 Å². The molecule has 8 nitrogen and oxygen atoms in total. The van der Waals surface area contributed by atoms with Crippen molar-refractivity contribution in [2.75, 3.05) is 25.0 Å². The summed E-state index contributed by atoms with van der Waals surface area (Å²) in [6, 6.07) is 6.30. The van der Waals surface area contributed by atoms with Crippen LogP contribution in [-0.2, 0) is 16.6 Å². The topological polar surface area (TPSA) is 95.5 Å². The molecule has 0 radical (unpaired) electrons. The third kappa shape index (κ3) is 4.91. The van der Waals surface area contributed by atoms with Crippen molar-refractivity contribution in [1.82, 2.24) is 19.6 Å². The molecule has 0 spiro atoms. The molecule has 1 aromatic carbocycles. The Bertz CT molecular complexity index is 1010. The predicted molar refractivity (Wildman–Crippen MR) is 116 cm³/mol. The maximum atomic E-state index is 12.6. The third-order valence-electron chi connectivity index (χ3n) is 5.12. The molecule has 1 aliphatic rings. The Morgan fingerprint density at radius 2 is 1.87 bits per heavy atom. The average Bonchev–Trinajstić information content (AvgIpc) is 3.27. The minimum Gasteiger partial charge on any atom is -0.347 e. The fourth-order valence-corrected chi connectivity index (χ4v) is 4.62. The zero-order valence-electron chi connectivity index (χ0n) is 17.3. The lowest BCUT2D eigenvalue weighted by atomic mass is 10.2. The van der Waals surface area contributed by atoms with E-state index in [-0.39, 0.29) is 28.2 Å². The zero-order chi connectivity index (χ0) is 21.9. The van der Waals surface area contributed by atoms with Gasteiger partial charge in [0, 0.05) is 32.7 Å². The van der Waals surface area contributed by atoms with E-state index in [9.17, 15) is 13.2 Å². The Balaban J connectivity index is 1.67. The number of nitrogens with zero attached hydrogens (tertiary/aromatic N) is 4. The van der Waals surface area contributed by atoms with E-state index in [2.05, 4.69) is 15.3 Å². The van der Waals surface area contributed by atoms with Gasteiger partial charge in [0.25, 0.3) is 5.91 Å². The molecule has 1 aliphatic heterocycles. The summed E-state index contributed by atoms with van der Waals surface area (Å²) in [4.78, 5) is 23.4. The van der Waals surface area contributed by atoms with E-state index in [1.807, 2.05) is 18.7 Å². The van der Waals surface area contributed by atoms with E-state index >= 15 is 0 Å². The van der Waals surface area contributed by atoms with Gasteiger partial charge in [0.05, 0.1) is 16.1 Å². The fraction of sp³-hybridized carbons (Fsp3) is 0.450. The molecule has 1 aromatic heterocycles. The number of halogens is 1. The lowest BCUT2D eigenvalue weighted by Gasteiger charge is -2.21. The highest BCUT2D eigenvalue weighted by Gasteiger charge is 2.23. The van der Waals surface area contributed by atoms with E-state index in [1.165, 1.54) is 10.5 Å². The predicted octanol–water partition coefficient (Wildman–Crippen LogP) is 2.69. The molecular weight excluding hydrogens is 426 g/mol. The van der Waals surface area contributed by atoms with Crippen molar-refractivity contribution < 1.29 is 13.2 Å². The smallest absolute Gasteiger partial charge is 0.271 e. The van der Waals surface area contributed by atoms with Crippen molar-refractivity contribution in [2.24, 2.45) is 0 Å². The number of carbonyl (C=O) groups is 1. The Morgan fingerprint density at radius 1 is 1.23 bits per heavy atom. The Kier molecular flexibility index (Phi) is 6.95. The van der Waals surface area contributed by atoms with Crippen molar-refractivity contribution in [2.45, 2.75) is 44.2 Å². The van der Waals surface area contributed by atoms with E-state index in [0.29, 0.717) is 5.95 Å². The van der Waals surface area contributed by atoms with Crippen LogP contribution >= 0.6 is 11.6 Å². The molecule has 1 N–H and O–H groups in total. The molecule has 1 fully saturated rings. The summed E-state index contributed by atoms with van der Waals surface area (Å²) in [7, 11) is -1.99. The van der Waals surface area contributed by atoms with Crippen LogP contribution in [0.5, 0.6) is 0 Å². The number of benzene rings is 1. The van der Waals surface area contributed by atoms with Gasteiger partial charge < -0.3 is 10.2 Å². The van der Waals surface area contributed by atoms with Crippen molar-refractivity contribution in [3.8, 4) is 0 Å². The van der Waals surface area contributed by atoms with E-state index < -0.39 is 15.9 Å². The third-order valence-corrected chi connectivity index (χ3v) is 7.44. The van der Waals surface area contributed by atoms with Gasteiger partial charge in [-0.1, -0.05) is 23.7 Å². The minimum atomic E-state index is -3.54. The maximum absolute atomic E-state index is 12.6. The first-order valence-corrected chi connectivity index (χ1v) is 11.6. The van der Waals surface area contributed by atoms with E-state index in [4.69, 9.17) is 11.6 Å². The van der Waals surface area contributed by atoms with Crippen LogP contribution in [0.3, 0.4) is 0 Å². The summed E-state index contributed by atoms with van der Waals surface area (Å²) in [5.74, 6) is 0.102. The van der Waals surface area contributed by atoms with Crippen LogP contribution in [0, 0.1) is 0 Å². The number of nitrogens with one attached hydrogen (secondary N) is 1. The largest absolute Gasteiger partial charge is 0.347 e. The first-order chi connectivity index (χ1) is 14.2. The summed E-state index contributed by atoms with van der Waals surface area (Å²) >= 11 is 6.13. The number of rotatable bonds is 7. The summed E-state index contributed by atoms with van der Waals surface area (Å²) in [5, 5.41) is 2.97. The summed E-state index contributed by atoms with van der Waals surface area (Å²) in [5.41, 5.74) is 0.894. The van der Waals surface area contributed by atoms with Gasteiger partial charge in [0.15, 0.2) is 5.69 Å². The maximum Gasteiger partial charge on any atom is 0.271 e. The van der Waals surface area contributed by atoms with Crippen LogP contribution in [0.2, 0.25) is 5.02 Å². The number of amides is 1. The van der Waals surface area contributed by atoms with Crippen molar-refractivity contribution in [3.63, 3.8) is 0 Å². The van der Waals surface area contributed by atoms with Gasteiger partial charge in [-0.3, -0.25) is 4.79 Å². The highest BCUT2D eigenvalue weighted by atomic mass is 35.5. The first kappa shape index (κ1) is 22.5. The number of hydrogen-bond acceptors (Lipinski definition) is 6. The van der Waals surface area contributed by atoms with Crippen molar-refractivity contribution in [3.05, 3.63) is 46.7 Å². The molecule has 1 amide bonds. The van der Waals surface area contributed by atoms with Crippen LogP contribution in [-0.4, -0.2) is 54.8 Å². The second-order valence-electron chi connectivity index (χ2n) is 7.50. The number of carbonyl (C=O) groups excluding carboxylic acids is 1. The van der Waals surface area contributed by atoms with Gasteiger partial charge in [-0.05, 0) is 44.4 Å². The Hall–Kier alpha value is -2.23. The molecule has 0 unspecified atom stereocenters. The number of sulfonamides is 1. The minimum absolute atomic E-state index is 0.131. The van der Waals surface area contributed by atoms with Crippen LogP contribution in [0.1, 0.15) is 42.7 Å². The standard InChI is InChI=1S/C20H26ClN5O3S/c1-14(2)25(3)30(28,29)16-8-6-15(7-9-16)12-22-19(27)18-17(21)13-23-20(24-18)26-10-4-5-11-26/h6-9,13-14H,4-5,10-12H2,1-3H3,(H,22,27). The number of hydrogen-bond donors (Lipinski definition) is 1. The summed E-state index contributed by atoms with van der Waals surface area (Å²) in [6.45, 7) is 5.58. The lowest BCUT2D eigenvalue weighted by molar-refractivity contribution is 0.0946. The normalized spacial score (nSPS) is 14.5. The summed E-state index contributed by atoms with van der Waals surface area (Å²) < 4.78 is 26.4. The highest BCUT2D eigenvalue weighted by Crippen LogP contribution is 2.20. The molecule has 2 aromatic rings. The molecule has 0 aliphatic carbocycles. The second-order valence-corrected chi connectivity index (χ2v) is 9.91.